The Morgan fingerprint density at radius 3 is 2.00 bits per heavy atom. The van der Waals surface area contributed by atoms with Gasteiger partial charge in [-0.05, 0) is 55.0 Å². The number of rotatable bonds is 4. The highest BCUT2D eigenvalue weighted by Gasteiger charge is 2.27. The van der Waals surface area contributed by atoms with Crippen LogP contribution in [0.3, 0.4) is 0 Å². The molecule has 24 heavy (non-hydrogen) atoms. The van der Waals surface area contributed by atoms with Crippen molar-refractivity contribution in [2.75, 3.05) is 16.8 Å². The summed E-state index contributed by atoms with van der Waals surface area (Å²) in [6.45, 7) is 0. The lowest BCUT2D eigenvalue weighted by Gasteiger charge is -2.13. The van der Waals surface area contributed by atoms with Gasteiger partial charge in [0.1, 0.15) is 0 Å². The molecule has 8 heteroatoms. The molecule has 1 heterocycles. The van der Waals surface area contributed by atoms with Gasteiger partial charge in [0.2, 0.25) is 9.84 Å². The van der Waals surface area contributed by atoms with E-state index in [0.29, 0.717) is 17.1 Å². The standard InChI is InChI=1S/C16H16ClNO4S2/c17-12-1-5-15(6-2-12)24(21,22)16-7-3-13(4-8-16)18-14-9-10-23(19,20)11-14/h1-8,14,18H,9-11H2. The highest BCUT2D eigenvalue weighted by Crippen LogP contribution is 2.24. The summed E-state index contributed by atoms with van der Waals surface area (Å²) < 4.78 is 48.0. The summed E-state index contributed by atoms with van der Waals surface area (Å²) in [5.74, 6) is 0.297. The Morgan fingerprint density at radius 2 is 1.50 bits per heavy atom. The minimum Gasteiger partial charge on any atom is -0.381 e. The van der Waals surface area contributed by atoms with Crippen molar-refractivity contribution in [2.45, 2.75) is 22.3 Å². The molecule has 1 saturated heterocycles. The summed E-state index contributed by atoms with van der Waals surface area (Å²) in [6, 6.07) is 12.2. The molecule has 0 amide bonds. The van der Waals surface area contributed by atoms with Crippen LogP contribution >= 0.6 is 11.6 Å². The smallest absolute Gasteiger partial charge is 0.206 e. The first kappa shape index (κ1) is 17.3. The molecule has 1 aliphatic heterocycles. The predicted molar refractivity (Wildman–Crippen MR) is 94.0 cm³/mol. The maximum Gasteiger partial charge on any atom is 0.206 e. The van der Waals surface area contributed by atoms with Crippen LogP contribution in [0.1, 0.15) is 6.42 Å². The molecule has 2 aromatic carbocycles. The van der Waals surface area contributed by atoms with Gasteiger partial charge in [0.15, 0.2) is 9.84 Å². The summed E-state index contributed by atoms with van der Waals surface area (Å²) in [5.41, 5.74) is 0.701. The van der Waals surface area contributed by atoms with Gasteiger partial charge in [-0.2, -0.15) is 0 Å². The molecule has 1 aliphatic rings. The monoisotopic (exact) mass is 385 g/mol. The van der Waals surface area contributed by atoms with Gasteiger partial charge in [0.25, 0.3) is 0 Å². The van der Waals surface area contributed by atoms with Gasteiger partial charge in [0.05, 0.1) is 21.3 Å². The first-order valence-corrected chi connectivity index (χ1v) is 11.0. The molecule has 2 aromatic rings. The molecule has 128 valence electrons. The molecule has 0 spiro atoms. The minimum atomic E-state index is -3.60. The van der Waals surface area contributed by atoms with Crippen LogP contribution in [0.5, 0.6) is 0 Å². The fourth-order valence-electron chi connectivity index (χ4n) is 2.62. The number of sulfone groups is 2. The molecule has 1 atom stereocenters. The van der Waals surface area contributed by atoms with E-state index in [1.807, 2.05) is 0 Å². The van der Waals surface area contributed by atoms with E-state index in [4.69, 9.17) is 11.6 Å². The Balaban J connectivity index is 1.78. The Bertz CT molecular complexity index is 937. The molecule has 3 rings (SSSR count). The molecule has 1 unspecified atom stereocenters. The number of benzene rings is 2. The van der Waals surface area contributed by atoms with Gasteiger partial charge < -0.3 is 5.32 Å². The molecule has 0 aliphatic carbocycles. The lowest BCUT2D eigenvalue weighted by Crippen LogP contribution is -2.20. The fraction of sp³-hybridized carbons (Fsp3) is 0.250. The van der Waals surface area contributed by atoms with Crippen LogP contribution in [-0.2, 0) is 19.7 Å². The molecular formula is C16H16ClNO4S2. The Hall–Kier alpha value is -1.57. The van der Waals surface area contributed by atoms with E-state index in [1.54, 1.807) is 12.1 Å². The molecule has 1 fully saturated rings. The molecule has 0 radical (unpaired) electrons. The first-order valence-electron chi connectivity index (χ1n) is 7.34. The van der Waals surface area contributed by atoms with Crippen molar-refractivity contribution in [2.24, 2.45) is 0 Å². The van der Waals surface area contributed by atoms with E-state index in [-0.39, 0.29) is 27.3 Å². The summed E-state index contributed by atoms with van der Waals surface area (Å²) in [5, 5.41) is 3.60. The zero-order valence-electron chi connectivity index (χ0n) is 12.6. The summed E-state index contributed by atoms with van der Waals surface area (Å²) >= 11 is 5.78. The number of hydrogen-bond acceptors (Lipinski definition) is 5. The topological polar surface area (TPSA) is 80.3 Å². The number of halogens is 1. The van der Waals surface area contributed by atoms with Crippen LogP contribution in [-0.4, -0.2) is 34.4 Å². The van der Waals surface area contributed by atoms with Gasteiger partial charge in [0, 0.05) is 16.8 Å². The summed E-state index contributed by atoms with van der Waals surface area (Å²) in [7, 11) is -6.56. The van der Waals surface area contributed by atoms with E-state index in [1.165, 1.54) is 36.4 Å². The zero-order valence-corrected chi connectivity index (χ0v) is 15.0. The molecule has 5 nitrogen and oxygen atoms in total. The second-order valence-electron chi connectivity index (χ2n) is 5.73. The SMILES string of the molecule is O=S1(=O)CCC(Nc2ccc(S(=O)(=O)c3ccc(Cl)cc3)cc2)C1. The normalized spacial score (nSPS) is 20.0. The first-order chi connectivity index (χ1) is 11.3. The number of anilines is 1. The molecule has 0 aromatic heterocycles. The van der Waals surface area contributed by atoms with E-state index in [0.717, 1.165) is 0 Å². The predicted octanol–water partition coefficient (Wildman–Crippen LogP) is 2.77. The van der Waals surface area contributed by atoms with E-state index in [2.05, 4.69) is 5.32 Å². The fourth-order valence-corrected chi connectivity index (χ4v) is 5.68. The number of hydrogen-bond donors (Lipinski definition) is 1. The van der Waals surface area contributed by atoms with Crippen LogP contribution < -0.4 is 5.32 Å². The lowest BCUT2D eigenvalue weighted by molar-refractivity contribution is 0.595. The van der Waals surface area contributed by atoms with Gasteiger partial charge >= 0.3 is 0 Å². The van der Waals surface area contributed by atoms with Crippen molar-refractivity contribution >= 4 is 37.0 Å². The Labute approximate surface area is 146 Å². The second kappa shape index (κ2) is 6.38. The van der Waals surface area contributed by atoms with Gasteiger partial charge in [-0.1, -0.05) is 11.6 Å². The summed E-state index contributed by atoms with van der Waals surface area (Å²) in [6.07, 6.45) is 0.563. The molecule has 0 saturated carbocycles. The maximum atomic E-state index is 12.5. The average Bonchev–Trinajstić information content (AvgIpc) is 2.87. The molecule has 1 N–H and O–H groups in total. The zero-order chi connectivity index (χ0) is 17.4. The largest absolute Gasteiger partial charge is 0.381 e. The van der Waals surface area contributed by atoms with Gasteiger partial charge in [-0.3, -0.25) is 0 Å². The van der Waals surface area contributed by atoms with Crippen molar-refractivity contribution in [3.63, 3.8) is 0 Å². The van der Waals surface area contributed by atoms with Crippen LogP contribution in [0.4, 0.5) is 5.69 Å². The van der Waals surface area contributed by atoms with Crippen molar-refractivity contribution < 1.29 is 16.8 Å². The van der Waals surface area contributed by atoms with Crippen LogP contribution in [0.15, 0.2) is 58.3 Å². The Kier molecular flexibility index (Phi) is 4.59. The minimum absolute atomic E-state index is 0.109. The van der Waals surface area contributed by atoms with Crippen molar-refractivity contribution in [1.29, 1.82) is 0 Å². The van der Waals surface area contributed by atoms with Crippen molar-refractivity contribution in [3.8, 4) is 0 Å². The van der Waals surface area contributed by atoms with Crippen LogP contribution in [0.2, 0.25) is 5.02 Å². The average molecular weight is 386 g/mol. The third-order valence-corrected chi connectivity index (χ3v) is 7.70. The lowest BCUT2D eigenvalue weighted by atomic mass is 10.2. The highest BCUT2D eigenvalue weighted by molar-refractivity contribution is 7.91. The van der Waals surface area contributed by atoms with Gasteiger partial charge in [-0.15, -0.1) is 0 Å². The van der Waals surface area contributed by atoms with E-state index >= 15 is 0 Å². The van der Waals surface area contributed by atoms with Crippen LogP contribution in [0.25, 0.3) is 0 Å². The third-order valence-electron chi connectivity index (χ3n) is 3.89. The molecule has 0 bridgehead atoms. The highest BCUT2D eigenvalue weighted by atomic mass is 35.5. The quantitative estimate of drug-likeness (QED) is 0.875. The van der Waals surface area contributed by atoms with Crippen molar-refractivity contribution in [3.05, 3.63) is 53.6 Å². The maximum absolute atomic E-state index is 12.5. The van der Waals surface area contributed by atoms with E-state index in [9.17, 15) is 16.8 Å². The van der Waals surface area contributed by atoms with Gasteiger partial charge in [-0.25, -0.2) is 16.8 Å². The second-order valence-corrected chi connectivity index (χ2v) is 10.3. The summed E-state index contributed by atoms with van der Waals surface area (Å²) in [4.78, 5) is 0.351. The third kappa shape index (κ3) is 3.74. The molecular weight excluding hydrogens is 370 g/mol. The van der Waals surface area contributed by atoms with Crippen molar-refractivity contribution in [1.82, 2.24) is 0 Å². The number of nitrogens with one attached hydrogen (secondary N) is 1. The Morgan fingerprint density at radius 1 is 0.958 bits per heavy atom. The van der Waals surface area contributed by atoms with E-state index < -0.39 is 19.7 Å². The van der Waals surface area contributed by atoms with Crippen LogP contribution in [0, 0.1) is 0 Å².